The lowest BCUT2D eigenvalue weighted by Crippen LogP contribution is -2.52. The highest BCUT2D eigenvalue weighted by atomic mass is 16.5. The van der Waals surface area contributed by atoms with Gasteiger partial charge in [-0.1, -0.05) is 18.2 Å². The van der Waals surface area contributed by atoms with E-state index in [-0.39, 0.29) is 12.2 Å². The number of hydrogen-bond acceptors (Lipinski definition) is 4. The second-order valence-corrected chi connectivity index (χ2v) is 5.54. The molecule has 0 saturated carbocycles. The van der Waals surface area contributed by atoms with Crippen LogP contribution in [0.5, 0.6) is 5.75 Å². The molecule has 0 bridgehead atoms. The van der Waals surface area contributed by atoms with Crippen LogP contribution in [0.3, 0.4) is 0 Å². The van der Waals surface area contributed by atoms with Gasteiger partial charge in [0.15, 0.2) is 0 Å². The highest BCUT2D eigenvalue weighted by Crippen LogP contribution is 2.32. The standard InChI is InChI=1S/C16H23NO3/c1-18-14-6-4-3-5-12(14)11-17-9-7-15(19-2)16-13(17)8-10-20-16/h3-6,13,15-16H,7-11H2,1-2H3/t13-,15-,16-/m1/s1. The molecule has 3 rings (SSSR count). The number of ether oxygens (including phenoxy) is 3. The lowest BCUT2D eigenvalue weighted by atomic mass is 9.95. The molecule has 110 valence electrons. The Morgan fingerprint density at radius 1 is 1.25 bits per heavy atom. The summed E-state index contributed by atoms with van der Waals surface area (Å²) in [6.07, 6.45) is 2.60. The number of likely N-dealkylation sites (tertiary alicyclic amines) is 1. The maximum atomic E-state index is 5.89. The highest BCUT2D eigenvalue weighted by molar-refractivity contribution is 5.33. The van der Waals surface area contributed by atoms with Gasteiger partial charge in [0.2, 0.25) is 0 Å². The number of nitrogens with zero attached hydrogens (tertiary/aromatic N) is 1. The van der Waals surface area contributed by atoms with E-state index < -0.39 is 0 Å². The molecule has 0 unspecified atom stereocenters. The van der Waals surface area contributed by atoms with Gasteiger partial charge in [-0.2, -0.15) is 0 Å². The van der Waals surface area contributed by atoms with E-state index in [2.05, 4.69) is 17.0 Å². The average Bonchev–Trinajstić information content (AvgIpc) is 2.98. The number of para-hydroxylation sites is 1. The molecule has 0 aliphatic carbocycles. The molecule has 0 radical (unpaired) electrons. The minimum absolute atomic E-state index is 0.225. The molecule has 20 heavy (non-hydrogen) atoms. The van der Waals surface area contributed by atoms with Gasteiger partial charge in [-0.15, -0.1) is 0 Å². The Kier molecular flexibility index (Phi) is 4.24. The summed E-state index contributed by atoms with van der Waals surface area (Å²) < 4.78 is 16.9. The van der Waals surface area contributed by atoms with Gasteiger partial charge in [0.25, 0.3) is 0 Å². The molecular formula is C16H23NO3. The third kappa shape index (κ3) is 2.55. The third-order valence-electron chi connectivity index (χ3n) is 4.51. The normalized spacial score (nSPS) is 30.2. The lowest BCUT2D eigenvalue weighted by Gasteiger charge is -2.40. The van der Waals surface area contributed by atoms with Crippen LogP contribution in [0, 0.1) is 0 Å². The van der Waals surface area contributed by atoms with E-state index in [0.29, 0.717) is 6.04 Å². The van der Waals surface area contributed by atoms with Crippen LogP contribution < -0.4 is 4.74 Å². The average molecular weight is 277 g/mol. The predicted molar refractivity (Wildman–Crippen MR) is 77.0 cm³/mol. The lowest BCUT2D eigenvalue weighted by molar-refractivity contribution is -0.0845. The van der Waals surface area contributed by atoms with Crippen molar-refractivity contribution in [3.05, 3.63) is 29.8 Å². The largest absolute Gasteiger partial charge is 0.496 e. The number of fused-ring (bicyclic) bond motifs is 1. The van der Waals surface area contributed by atoms with Gasteiger partial charge in [0.1, 0.15) is 5.75 Å². The van der Waals surface area contributed by atoms with Crippen molar-refractivity contribution < 1.29 is 14.2 Å². The van der Waals surface area contributed by atoms with E-state index in [0.717, 1.165) is 38.3 Å². The van der Waals surface area contributed by atoms with E-state index in [1.165, 1.54) is 5.56 Å². The number of hydrogen-bond donors (Lipinski definition) is 0. The van der Waals surface area contributed by atoms with Gasteiger partial charge < -0.3 is 14.2 Å². The molecule has 4 nitrogen and oxygen atoms in total. The Balaban J connectivity index is 1.74. The summed E-state index contributed by atoms with van der Waals surface area (Å²) in [6.45, 7) is 2.82. The first kappa shape index (κ1) is 13.9. The van der Waals surface area contributed by atoms with Crippen molar-refractivity contribution in [3.63, 3.8) is 0 Å². The van der Waals surface area contributed by atoms with Crippen LogP contribution >= 0.6 is 0 Å². The van der Waals surface area contributed by atoms with Gasteiger partial charge in [-0.05, 0) is 18.9 Å². The van der Waals surface area contributed by atoms with E-state index >= 15 is 0 Å². The number of methoxy groups -OCH3 is 2. The fourth-order valence-corrected chi connectivity index (χ4v) is 3.47. The Bertz CT molecular complexity index is 451. The smallest absolute Gasteiger partial charge is 0.123 e. The quantitative estimate of drug-likeness (QED) is 0.843. The van der Waals surface area contributed by atoms with Crippen LogP contribution in [0.2, 0.25) is 0 Å². The van der Waals surface area contributed by atoms with Crippen molar-refractivity contribution >= 4 is 0 Å². The van der Waals surface area contributed by atoms with Crippen LogP contribution in [-0.2, 0) is 16.0 Å². The Hall–Kier alpha value is -1.10. The van der Waals surface area contributed by atoms with Crippen molar-refractivity contribution in [2.75, 3.05) is 27.4 Å². The van der Waals surface area contributed by atoms with Crippen molar-refractivity contribution in [2.45, 2.75) is 37.6 Å². The van der Waals surface area contributed by atoms with Crippen LogP contribution in [0.1, 0.15) is 18.4 Å². The fraction of sp³-hybridized carbons (Fsp3) is 0.625. The van der Waals surface area contributed by atoms with Crippen molar-refractivity contribution in [1.82, 2.24) is 4.90 Å². The molecule has 2 saturated heterocycles. The molecule has 2 aliphatic heterocycles. The van der Waals surface area contributed by atoms with Crippen LogP contribution in [0.25, 0.3) is 0 Å². The van der Waals surface area contributed by atoms with Gasteiger partial charge >= 0.3 is 0 Å². The first-order valence-electron chi connectivity index (χ1n) is 7.34. The van der Waals surface area contributed by atoms with E-state index in [4.69, 9.17) is 14.2 Å². The molecule has 0 spiro atoms. The maximum Gasteiger partial charge on any atom is 0.123 e. The summed E-state index contributed by atoms with van der Waals surface area (Å²) in [7, 11) is 3.52. The Morgan fingerprint density at radius 2 is 2.10 bits per heavy atom. The summed E-state index contributed by atoms with van der Waals surface area (Å²) in [5.74, 6) is 0.969. The Labute approximate surface area is 120 Å². The first-order valence-corrected chi connectivity index (χ1v) is 7.34. The van der Waals surface area contributed by atoms with Gasteiger partial charge in [-0.3, -0.25) is 4.90 Å². The first-order chi connectivity index (χ1) is 9.83. The molecule has 2 aliphatic rings. The highest BCUT2D eigenvalue weighted by Gasteiger charge is 2.42. The van der Waals surface area contributed by atoms with Crippen molar-refractivity contribution in [1.29, 1.82) is 0 Å². The number of benzene rings is 1. The summed E-state index contributed by atoms with van der Waals surface area (Å²) in [5, 5.41) is 0. The van der Waals surface area contributed by atoms with Gasteiger partial charge in [0, 0.05) is 38.4 Å². The second-order valence-electron chi connectivity index (χ2n) is 5.54. The molecule has 1 aromatic rings. The molecular weight excluding hydrogens is 254 g/mol. The van der Waals surface area contributed by atoms with E-state index in [1.54, 1.807) is 14.2 Å². The zero-order valence-corrected chi connectivity index (χ0v) is 12.2. The minimum Gasteiger partial charge on any atom is -0.496 e. The maximum absolute atomic E-state index is 5.89. The monoisotopic (exact) mass is 277 g/mol. The molecule has 2 heterocycles. The Morgan fingerprint density at radius 3 is 2.90 bits per heavy atom. The third-order valence-corrected chi connectivity index (χ3v) is 4.51. The zero-order chi connectivity index (χ0) is 13.9. The summed E-state index contributed by atoms with van der Waals surface area (Å²) in [4.78, 5) is 2.52. The molecule has 3 atom stereocenters. The number of piperidine rings is 1. The minimum atomic E-state index is 0.225. The predicted octanol–water partition coefficient (Wildman–Crippen LogP) is 2.07. The molecule has 0 N–H and O–H groups in total. The molecule has 0 aromatic heterocycles. The molecule has 1 aromatic carbocycles. The molecule has 4 heteroatoms. The summed E-state index contributed by atoms with van der Waals surface area (Å²) >= 11 is 0. The fourth-order valence-electron chi connectivity index (χ4n) is 3.47. The van der Waals surface area contributed by atoms with Crippen molar-refractivity contribution in [2.24, 2.45) is 0 Å². The van der Waals surface area contributed by atoms with Crippen LogP contribution in [0.4, 0.5) is 0 Å². The second kappa shape index (κ2) is 6.12. The summed E-state index contributed by atoms with van der Waals surface area (Å²) in [5.41, 5.74) is 1.25. The molecule has 0 amide bonds. The topological polar surface area (TPSA) is 30.9 Å². The van der Waals surface area contributed by atoms with Crippen LogP contribution in [-0.4, -0.2) is 50.5 Å². The number of rotatable bonds is 4. The van der Waals surface area contributed by atoms with E-state index in [9.17, 15) is 0 Å². The van der Waals surface area contributed by atoms with Crippen LogP contribution in [0.15, 0.2) is 24.3 Å². The van der Waals surface area contributed by atoms with E-state index in [1.807, 2.05) is 12.1 Å². The van der Waals surface area contributed by atoms with Crippen molar-refractivity contribution in [3.8, 4) is 5.75 Å². The van der Waals surface area contributed by atoms with Gasteiger partial charge in [0.05, 0.1) is 19.3 Å². The zero-order valence-electron chi connectivity index (χ0n) is 12.2. The molecule has 2 fully saturated rings. The summed E-state index contributed by atoms with van der Waals surface area (Å²) in [6, 6.07) is 8.73. The van der Waals surface area contributed by atoms with Gasteiger partial charge in [-0.25, -0.2) is 0 Å². The SMILES string of the molecule is COc1ccccc1CN1CC[C@@H](OC)[C@@H]2OCC[C@H]21.